The molecule has 0 aliphatic carbocycles. The Labute approximate surface area is 178 Å². The highest BCUT2D eigenvalue weighted by Crippen LogP contribution is 2.28. The number of Topliss-reactive ketones (excluding diaryl/α,β-unsaturated/α-hetero) is 1. The molecule has 2 heterocycles. The van der Waals surface area contributed by atoms with Gasteiger partial charge in [-0.15, -0.1) is 10.2 Å². The summed E-state index contributed by atoms with van der Waals surface area (Å²) in [5, 5.41) is 9.32. The second kappa shape index (κ2) is 9.00. The summed E-state index contributed by atoms with van der Waals surface area (Å²) in [6.45, 7) is 2.11. The van der Waals surface area contributed by atoms with Gasteiger partial charge in [0, 0.05) is 29.2 Å². The third-order valence-electron chi connectivity index (χ3n) is 4.67. The number of nitrogens with zero attached hydrogens (tertiary/aromatic N) is 4. The zero-order valence-electron chi connectivity index (χ0n) is 16.3. The summed E-state index contributed by atoms with van der Waals surface area (Å²) in [4.78, 5) is 16.6. The molecule has 0 saturated heterocycles. The minimum atomic E-state index is -0.364. The highest BCUT2D eigenvalue weighted by atomic mass is 32.2. The van der Waals surface area contributed by atoms with Gasteiger partial charge >= 0.3 is 0 Å². The van der Waals surface area contributed by atoms with E-state index in [1.54, 1.807) is 12.4 Å². The number of hydrogen-bond donors (Lipinski definition) is 0. The molecule has 150 valence electrons. The number of rotatable bonds is 7. The zero-order chi connectivity index (χ0) is 20.9. The maximum Gasteiger partial charge on any atom is 0.196 e. The molecule has 0 amide bonds. The second-order valence-electron chi connectivity index (χ2n) is 6.62. The summed E-state index contributed by atoms with van der Waals surface area (Å²) in [5.74, 6) is 0.392. The van der Waals surface area contributed by atoms with Gasteiger partial charge < -0.3 is 0 Å². The number of aromatic nitrogens is 4. The molecule has 0 atom stereocenters. The van der Waals surface area contributed by atoms with E-state index < -0.39 is 0 Å². The molecule has 0 radical (unpaired) electrons. The molecule has 4 aromatic rings. The van der Waals surface area contributed by atoms with Crippen molar-refractivity contribution >= 4 is 17.5 Å². The third-order valence-corrected chi connectivity index (χ3v) is 5.60. The lowest BCUT2D eigenvalue weighted by Crippen LogP contribution is -2.05. The average Bonchev–Trinajstić information content (AvgIpc) is 3.22. The van der Waals surface area contributed by atoms with Gasteiger partial charge in [0.05, 0.1) is 5.75 Å². The molecule has 7 heteroatoms. The van der Waals surface area contributed by atoms with Crippen LogP contribution in [0.25, 0.3) is 17.1 Å². The molecule has 2 aromatic heterocycles. The van der Waals surface area contributed by atoms with E-state index in [1.807, 2.05) is 28.8 Å². The molecule has 0 fully saturated rings. The van der Waals surface area contributed by atoms with Crippen LogP contribution in [-0.4, -0.2) is 31.3 Å². The van der Waals surface area contributed by atoms with Crippen molar-refractivity contribution in [2.24, 2.45) is 0 Å². The molecule has 0 saturated carbocycles. The highest BCUT2D eigenvalue weighted by Gasteiger charge is 2.18. The van der Waals surface area contributed by atoms with Crippen molar-refractivity contribution in [1.29, 1.82) is 0 Å². The van der Waals surface area contributed by atoms with Gasteiger partial charge in [0.25, 0.3) is 0 Å². The number of ketones is 1. The quantitative estimate of drug-likeness (QED) is 0.312. The highest BCUT2D eigenvalue weighted by molar-refractivity contribution is 7.99. The minimum absolute atomic E-state index is 0.0960. The van der Waals surface area contributed by atoms with Gasteiger partial charge in [-0.1, -0.05) is 30.8 Å². The first kappa shape index (κ1) is 20.0. The van der Waals surface area contributed by atoms with E-state index in [2.05, 4.69) is 34.2 Å². The lowest BCUT2D eigenvalue weighted by Gasteiger charge is -2.11. The Morgan fingerprint density at radius 1 is 0.967 bits per heavy atom. The Kier molecular flexibility index (Phi) is 5.99. The summed E-state index contributed by atoms with van der Waals surface area (Å²) >= 11 is 1.30. The van der Waals surface area contributed by atoms with E-state index in [1.165, 1.54) is 41.6 Å². The van der Waals surface area contributed by atoms with Gasteiger partial charge in [-0.25, -0.2) is 4.39 Å². The molecule has 0 spiro atoms. The summed E-state index contributed by atoms with van der Waals surface area (Å²) in [6.07, 6.45) is 4.37. The van der Waals surface area contributed by atoms with Crippen LogP contribution in [-0.2, 0) is 6.42 Å². The standard InChI is InChI=1S/C23H19FN4OS/c1-2-16-3-9-20(10-4-16)28-22(18-11-13-25-14-12-18)26-27-23(28)30-15-21(29)17-5-7-19(24)8-6-17/h3-14H,2,15H2,1H3. The van der Waals surface area contributed by atoms with Crippen LogP contribution in [0, 0.1) is 5.82 Å². The minimum Gasteiger partial charge on any atom is -0.293 e. The molecule has 0 N–H and O–H groups in total. The Morgan fingerprint density at radius 2 is 1.67 bits per heavy atom. The van der Waals surface area contributed by atoms with Gasteiger partial charge in [-0.3, -0.25) is 14.3 Å². The molecule has 4 rings (SSSR count). The maximum atomic E-state index is 13.1. The van der Waals surface area contributed by atoms with Crippen LogP contribution < -0.4 is 0 Å². The van der Waals surface area contributed by atoms with Crippen LogP contribution in [0.3, 0.4) is 0 Å². The molecule has 0 bridgehead atoms. The van der Waals surface area contributed by atoms with E-state index in [0.29, 0.717) is 16.5 Å². The van der Waals surface area contributed by atoms with E-state index in [0.717, 1.165) is 17.7 Å². The molecule has 30 heavy (non-hydrogen) atoms. The Hall–Kier alpha value is -3.32. The van der Waals surface area contributed by atoms with Crippen LogP contribution in [0.5, 0.6) is 0 Å². The van der Waals surface area contributed by atoms with Crippen LogP contribution in [0.1, 0.15) is 22.8 Å². The Bertz CT molecular complexity index is 1140. The first-order chi connectivity index (χ1) is 14.7. The predicted octanol–water partition coefficient (Wildman–Crippen LogP) is 5.01. The molecule has 0 unspecified atom stereocenters. The summed E-state index contributed by atoms with van der Waals surface area (Å²) in [7, 11) is 0. The second-order valence-corrected chi connectivity index (χ2v) is 7.56. The first-order valence-electron chi connectivity index (χ1n) is 9.52. The molecule has 5 nitrogen and oxygen atoms in total. The molecule has 0 aliphatic heterocycles. The van der Waals surface area contributed by atoms with E-state index in [9.17, 15) is 9.18 Å². The number of pyridine rings is 1. The van der Waals surface area contributed by atoms with Gasteiger partial charge in [-0.05, 0) is 60.5 Å². The van der Waals surface area contributed by atoms with E-state index in [4.69, 9.17) is 0 Å². The van der Waals surface area contributed by atoms with Gasteiger partial charge in [0.15, 0.2) is 16.8 Å². The number of halogens is 1. The fourth-order valence-electron chi connectivity index (χ4n) is 3.01. The van der Waals surface area contributed by atoms with Crippen LogP contribution >= 0.6 is 11.8 Å². The van der Waals surface area contributed by atoms with E-state index in [-0.39, 0.29) is 17.4 Å². The van der Waals surface area contributed by atoms with Crippen LogP contribution in [0.2, 0.25) is 0 Å². The SMILES string of the molecule is CCc1ccc(-n2c(SCC(=O)c3ccc(F)cc3)nnc2-c2ccncc2)cc1. The number of aryl methyl sites for hydroxylation is 1. The number of hydrogen-bond acceptors (Lipinski definition) is 5. The summed E-state index contributed by atoms with van der Waals surface area (Å²) in [5.41, 5.74) is 3.50. The van der Waals surface area contributed by atoms with Gasteiger partial charge in [-0.2, -0.15) is 0 Å². The normalized spacial score (nSPS) is 10.9. The van der Waals surface area contributed by atoms with Gasteiger partial charge in [0.2, 0.25) is 0 Å². The Balaban J connectivity index is 1.66. The number of carbonyl (C=O) groups is 1. The molecule has 2 aromatic carbocycles. The first-order valence-corrected chi connectivity index (χ1v) is 10.5. The van der Waals surface area contributed by atoms with Crippen molar-refractivity contribution in [2.75, 3.05) is 5.75 Å². The molecular weight excluding hydrogens is 399 g/mol. The Morgan fingerprint density at radius 3 is 2.33 bits per heavy atom. The largest absolute Gasteiger partial charge is 0.293 e. The van der Waals surface area contributed by atoms with Crippen molar-refractivity contribution < 1.29 is 9.18 Å². The number of thioether (sulfide) groups is 1. The van der Waals surface area contributed by atoms with Gasteiger partial charge in [0.1, 0.15) is 5.82 Å². The fourth-order valence-corrected chi connectivity index (χ4v) is 3.86. The van der Waals surface area contributed by atoms with E-state index >= 15 is 0 Å². The van der Waals surface area contributed by atoms with Crippen molar-refractivity contribution in [1.82, 2.24) is 19.7 Å². The number of carbonyl (C=O) groups excluding carboxylic acids is 1. The summed E-state index contributed by atoms with van der Waals surface area (Å²) in [6, 6.07) is 17.5. The monoisotopic (exact) mass is 418 g/mol. The molecule has 0 aliphatic rings. The van der Waals surface area contributed by atoms with Crippen molar-refractivity contribution in [3.05, 3.63) is 90.0 Å². The summed E-state index contributed by atoms with van der Waals surface area (Å²) < 4.78 is 15.1. The van der Waals surface area contributed by atoms with Crippen molar-refractivity contribution in [2.45, 2.75) is 18.5 Å². The average molecular weight is 418 g/mol. The maximum absolute atomic E-state index is 13.1. The number of benzene rings is 2. The lowest BCUT2D eigenvalue weighted by molar-refractivity contribution is 0.102. The topological polar surface area (TPSA) is 60.7 Å². The molecular formula is C23H19FN4OS. The zero-order valence-corrected chi connectivity index (χ0v) is 17.1. The van der Waals surface area contributed by atoms with Crippen LogP contribution in [0.15, 0.2) is 78.2 Å². The van der Waals surface area contributed by atoms with Crippen LogP contribution in [0.4, 0.5) is 4.39 Å². The van der Waals surface area contributed by atoms with Crippen molar-refractivity contribution in [3.8, 4) is 17.1 Å². The predicted molar refractivity (Wildman–Crippen MR) is 115 cm³/mol. The smallest absolute Gasteiger partial charge is 0.196 e. The lowest BCUT2D eigenvalue weighted by atomic mass is 10.1. The fraction of sp³-hybridized carbons (Fsp3) is 0.130. The van der Waals surface area contributed by atoms with Crippen molar-refractivity contribution in [3.63, 3.8) is 0 Å². The third kappa shape index (κ3) is 4.31.